The lowest BCUT2D eigenvalue weighted by Crippen LogP contribution is -1.92. The molecule has 0 spiro atoms. The first-order chi connectivity index (χ1) is 9.06. The largest absolute Gasteiger partial charge is 0.398 e. The van der Waals surface area contributed by atoms with E-state index in [0.29, 0.717) is 28.3 Å². The molecule has 0 bridgehead atoms. The number of halogens is 1. The molecule has 0 saturated carbocycles. The van der Waals surface area contributed by atoms with Crippen molar-refractivity contribution in [3.63, 3.8) is 0 Å². The van der Waals surface area contributed by atoms with Crippen molar-refractivity contribution in [3.05, 3.63) is 29.0 Å². The van der Waals surface area contributed by atoms with Crippen LogP contribution in [0.5, 0.6) is 0 Å². The van der Waals surface area contributed by atoms with Crippen LogP contribution in [0.2, 0.25) is 5.02 Å². The van der Waals surface area contributed by atoms with E-state index in [1.54, 1.807) is 23.9 Å². The maximum absolute atomic E-state index is 5.97. The van der Waals surface area contributed by atoms with Gasteiger partial charge in [-0.3, -0.25) is 0 Å². The summed E-state index contributed by atoms with van der Waals surface area (Å²) in [4.78, 5) is 4.35. The molecule has 0 radical (unpaired) electrons. The molecule has 0 unspecified atom stereocenters. The van der Waals surface area contributed by atoms with Gasteiger partial charge in [0.2, 0.25) is 0 Å². The SMILES string of the molecule is CC(C)CSCc1noc(-c2ccc(N)c(Cl)c2)n1. The highest BCUT2D eigenvalue weighted by Crippen LogP contribution is 2.26. The van der Waals surface area contributed by atoms with Gasteiger partial charge in [-0.2, -0.15) is 16.7 Å². The molecular weight excluding hydrogens is 282 g/mol. The lowest BCUT2D eigenvalue weighted by Gasteiger charge is -2.00. The Hall–Kier alpha value is -1.20. The summed E-state index contributed by atoms with van der Waals surface area (Å²) in [6.07, 6.45) is 0. The van der Waals surface area contributed by atoms with Crippen LogP contribution < -0.4 is 5.73 Å². The fourth-order valence-corrected chi connectivity index (χ4v) is 2.55. The van der Waals surface area contributed by atoms with Crippen molar-refractivity contribution in [1.29, 1.82) is 0 Å². The minimum Gasteiger partial charge on any atom is -0.398 e. The summed E-state index contributed by atoms with van der Waals surface area (Å²) in [5, 5.41) is 4.45. The zero-order valence-corrected chi connectivity index (χ0v) is 12.5. The Labute approximate surface area is 121 Å². The van der Waals surface area contributed by atoms with E-state index < -0.39 is 0 Å². The maximum atomic E-state index is 5.97. The Morgan fingerprint density at radius 1 is 1.42 bits per heavy atom. The summed E-state index contributed by atoms with van der Waals surface area (Å²) >= 11 is 7.77. The molecule has 1 aromatic carbocycles. The molecule has 0 saturated heterocycles. The summed E-state index contributed by atoms with van der Waals surface area (Å²) in [6, 6.07) is 5.28. The summed E-state index contributed by atoms with van der Waals surface area (Å²) < 4.78 is 5.23. The molecule has 0 fully saturated rings. The molecule has 0 aliphatic carbocycles. The lowest BCUT2D eigenvalue weighted by atomic mass is 10.2. The molecule has 4 nitrogen and oxygen atoms in total. The predicted molar refractivity (Wildman–Crippen MR) is 80.2 cm³/mol. The van der Waals surface area contributed by atoms with Crippen LogP contribution in [0.25, 0.3) is 11.5 Å². The summed E-state index contributed by atoms with van der Waals surface area (Å²) in [7, 11) is 0. The summed E-state index contributed by atoms with van der Waals surface area (Å²) in [6.45, 7) is 4.37. The third-order valence-electron chi connectivity index (χ3n) is 2.40. The molecule has 1 heterocycles. The van der Waals surface area contributed by atoms with E-state index in [1.165, 1.54) is 0 Å². The molecule has 0 aliphatic heterocycles. The second-order valence-corrected chi connectivity index (χ2v) is 6.10. The number of thioether (sulfide) groups is 1. The van der Waals surface area contributed by atoms with Crippen molar-refractivity contribution < 1.29 is 4.52 Å². The molecule has 2 rings (SSSR count). The molecule has 0 amide bonds. The van der Waals surface area contributed by atoms with Crippen molar-refractivity contribution in [1.82, 2.24) is 10.1 Å². The van der Waals surface area contributed by atoms with Gasteiger partial charge in [0.1, 0.15) is 0 Å². The topological polar surface area (TPSA) is 64.9 Å². The van der Waals surface area contributed by atoms with Crippen LogP contribution >= 0.6 is 23.4 Å². The fraction of sp³-hybridized carbons (Fsp3) is 0.385. The van der Waals surface area contributed by atoms with E-state index in [0.717, 1.165) is 17.1 Å². The van der Waals surface area contributed by atoms with Gasteiger partial charge < -0.3 is 10.3 Å². The molecular formula is C13H16ClN3OS. The lowest BCUT2D eigenvalue weighted by molar-refractivity contribution is 0.425. The number of anilines is 1. The van der Waals surface area contributed by atoms with Crippen LogP contribution in [0, 0.1) is 5.92 Å². The highest BCUT2D eigenvalue weighted by atomic mass is 35.5. The molecule has 6 heteroatoms. The number of rotatable bonds is 5. The normalized spacial score (nSPS) is 11.2. The van der Waals surface area contributed by atoms with Gasteiger partial charge in [0.05, 0.1) is 16.5 Å². The maximum Gasteiger partial charge on any atom is 0.258 e. The summed E-state index contributed by atoms with van der Waals surface area (Å²) in [5.74, 6) is 3.67. The van der Waals surface area contributed by atoms with Gasteiger partial charge in [-0.1, -0.05) is 30.6 Å². The zero-order valence-electron chi connectivity index (χ0n) is 10.9. The number of hydrogen-bond acceptors (Lipinski definition) is 5. The van der Waals surface area contributed by atoms with Gasteiger partial charge in [-0.05, 0) is 29.9 Å². The monoisotopic (exact) mass is 297 g/mol. The average molecular weight is 298 g/mol. The van der Waals surface area contributed by atoms with Gasteiger partial charge >= 0.3 is 0 Å². The third kappa shape index (κ3) is 3.88. The standard InChI is InChI=1S/C13H16ClN3OS/c1-8(2)6-19-7-12-16-13(18-17-12)9-3-4-11(15)10(14)5-9/h3-5,8H,6-7,15H2,1-2H3. The molecule has 102 valence electrons. The smallest absolute Gasteiger partial charge is 0.258 e. The van der Waals surface area contributed by atoms with Gasteiger partial charge in [0, 0.05) is 5.56 Å². The number of benzene rings is 1. The van der Waals surface area contributed by atoms with Crippen molar-refractivity contribution >= 4 is 29.1 Å². The van der Waals surface area contributed by atoms with E-state index in [2.05, 4.69) is 24.0 Å². The van der Waals surface area contributed by atoms with Crippen molar-refractivity contribution in [3.8, 4) is 11.5 Å². The van der Waals surface area contributed by atoms with Crippen molar-refractivity contribution in [2.75, 3.05) is 11.5 Å². The first-order valence-corrected chi connectivity index (χ1v) is 7.55. The van der Waals surface area contributed by atoms with Gasteiger partial charge in [-0.15, -0.1) is 0 Å². The second-order valence-electron chi connectivity index (χ2n) is 4.66. The predicted octanol–water partition coefficient (Wildman–Crippen LogP) is 3.86. The van der Waals surface area contributed by atoms with Crippen LogP contribution in [0.15, 0.2) is 22.7 Å². The first-order valence-electron chi connectivity index (χ1n) is 6.02. The molecule has 2 N–H and O–H groups in total. The Morgan fingerprint density at radius 2 is 2.21 bits per heavy atom. The van der Waals surface area contributed by atoms with Crippen LogP contribution in [-0.4, -0.2) is 15.9 Å². The van der Waals surface area contributed by atoms with Gasteiger partial charge in [0.15, 0.2) is 5.82 Å². The minimum absolute atomic E-state index is 0.474. The number of nitrogens with zero attached hydrogens (tertiary/aromatic N) is 2. The quantitative estimate of drug-likeness (QED) is 0.849. The Kier molecular flexibility index (Phi) is 4.71. The second kappa shape index (κ2) is 6.30. The number of nitrogens with two attached hydrogens (primary N) is 1. The number of hydrogen-bond donors (Lipinski definition) is 1. The zero-order chi connectivity index (χ0) is 13.8. The fourth-order valence-electron chi connectivity index (χ4n) is 1.48. The van der Waals surface area contributed by atoms with E-state index in [-0.39, 0.29) is 0 Å². The van der Waals surface area contributed by atoms with E-state index >= 15 is 0 Å². The highest BCUT2D eigenvalue weighted by Gasteiger charge is 2.10. The number of nitrogen functional groups attached to an aromatic ring is 1. The van der Waals surface area contributed by atoms with Crippen molar-refractivity contribution in [2.24, 2.45) is 5.92 Å². The average Bonchev–Trinajstić information content (AvgIpc) is 2.81. The molecule has 2 aromatic rings. The van der Waals surface area contributed by atoms with Crippen LogP contribution in [0.4, 0.5) is 5.69 Å². The van der Waals surface area contributed by atoms with Gasteiger partial charge in [0.25, 0.3) is 5.89 Å². The number of aromatic nitrogens is 2. The van der Waals surface area contributed by atoms with E-state index in [1.807, 2.05) is 6.07 Å². The van der Waals surface area contributed by atoms with Crippen LogP contribution in [0.1, 0.15) is 19.7 Å². The highest BCUT2D eigenvalue weighted by molar-refractivity contribution is 7.98. The Balaban J connectivity index is 2.05. The molecule has 1 aromatic heterocycles. The van der Waals surface area contributed by atoms with E-state index in [4.69, 9.17) is 21.9 Å². The summed E-state index contributed by atoms with van der Waals surface area (Å²) in [5.41, 5.74) is 6.99. The molecule has 0 aliphatic rings. The van der Waals surface area contributed by atoms with Gasteiger partial charge in [-0.25, -0.2) is 0 Å². The molecule has 0 atom stereocenters. The third-order valence-corrected chi connectivity index (χ3v) is 4.09. The van der Waals surface area contributed by atoms with Crippen LogP contribution in [0.3, 0.4) is 0 Å². The Morgan fingerprint density at radius 3 is 2.89 bits per heavy atom. The first kappa shape index (κ1) is 14.2. The minimum atomic E-state index is 0.474. The van der Waals surface area contributed by atoms with E-state index in [9.17, 15) is 0 Å². The van der Waals surface area contributed by atoms with Crippen LogP contribution in [-0.2, 0) is 5.75 Å². The molecule has 19 heavy (non-hydrogen) atoms. The van der Waals surface area contributed by atoms with Crippen molar-refractivity contribution in [2.45, 2.75) is 19.6 Å². The Bertz CT molecular complexity index is 557.